The van der Waals surface area contributed by atoms with E-state index < -0.39 is 6.10 Å². The van der Waals surface area contributed by atoms with Crippen molar-refractivity contribution in [3.8, 4) is 11.5 Å². The SMILES string of the molecule is COc1ccc(OC)c2c1CN(C(=O)NC(C)C)C[C@@H]2O. The van der Waals surface area contributed by atoms with Gasteiger partial charge in [0, 0.05) is 17.2 Å². The highest BCUT2D eigenvalue weighted by Crippen LogP contribution is 2.39. The Hall–Kier alpha value is -1.95. The van der Waals surface area contributed by atoms with Crippen LogP contribution in [0.15, 0.2) is 12.1 Å². The normalized spacial score (nSPS) is 17.4. The molecule has 1 aromatic carbocycles. The molecule has 21 heavy (non-hydrogen) atoms. The van der Waals surface area contributed by atoms with Crippen LogP contribution in [0.2, 0.25) is 0 Å². The lowest BCUT2D eigenvalue weighted by Gasteiger charge is -2.34. The molecule has 116 valence electrons. The summed E-state index contributed by atoms with van der Waals surface area (Å²) in [4.78, 5) is 13.7. The van der Waals surface area contributed by atoms with Gasteiger partial charge in [-0.15, -0.1) is 0 Å². The molecule has 6 heteroatoms. The van der Waals surface area contributed by atoms with Crippen LogP contribution in [0.4, 0.5) is 4.79 Å². The number of benzene rings is 1. The number of aliphatic hydroxyl groups is 1. The first-order chi connectivity index (χ1) is 9.97. The molecule has 1 aromatic rings. The van der Waals surface area contributed by atoms with Crippen molar-refractivity contribution < 1.29 is 19.4 Å². The first-order valence-corrected chi connectivity index (χ1v) is 6.95. The highest BCUT2D eigenvalue weighted by Gasteiger charge is 2.31. The van der Waals surface area contributed by atoms with E-state index in [0.29, 0.717) is 23.6 Å². The maximum atomic E-state index is 12.1. The van der Waals surface area contributed by atoms with Gasteiger partial charge in [0.25, 0.3) is 0 Å². The zero-order valence-electron chi connectivity index (χ0n) is 12.8. The first-order valence-electron chi connectivity index (χ1n) is 6.95. The van der Waals surface area contributed by atoms with E-state index >= 15 is 0 Å². The summed E-state index contributed by atoms with van der Waals surface area (Å²) in [5.74, 6) is 1.26. The van der Waals surface area contributed by atoms with Crippen molar-refractivity contribution in [1.82, 2.24) is 10.2 Å². The van der Waals surface area contributed by atoms with Gasteiger partial charge in [0.15, 0.2) is 0 Å². The Labute approximate surface area is 124 Å². The predicted molar refractivity (Wildman–Crippen MR) is 78.6 cm³/mol. The van der Waals surface area contributed by atoms with Gasteiger partial charge in [-0.2, -0.15) is 0 Å². The number of nitrogens with zero attached hydrogens (tertiary/aromatic N) is 1. The average Bonchev–Trinajstić information content (AvgIpc) is 2.45. The summed E-state index contributed by atoms with van der Waals surface area (Å²) >= 11 is 0. The molecule has 2 N–H and O–H groups in total. The van der Waals surface area contributed by atoms with Crippen LogP contribution >= 0.6 is 0 Å². The van der Waals surface area contributed by atoms with Crippen molar-refractivity contribution in [1.29, 1.82) is 0 Å². The number of fused-ring (bicyclic) bond motifs is 1. The molecule has 1 heterocycles. The second-order valence-corrected chi connectivity index (χ2v) is 5.36. The molecule has 0 radical (unpaired) electrons. The molecular weight excluding hydrogens is 272 g/mol. The Bertz CT molecular complexity index is 531. The Balaban J connectivity index is 2.36. The van der Waals surface area contributed by atoms with Crippen LogP contribution in [0, 0.1) is 0 Å². The van der Waals surface area contributed by atoms with E-state index in [-0.39, 0.29) is 18.6 Å². The zero-order chi connectivity index (χ0) is 15.6. The van der Waals surface area contributed by atoms with Crippen LogP contribution in [0.1, 0.15) is 31.1 Å². The third-order valence-electron chi connectivity index (χ3n) is 3.49. The number of aliphatic hydroxyl groups excluding tert-OH is 1. The maximum Gasteiger partial charge on any atom is 0.318 e. The number of methoxy groups -OCH3 is 2. The van der Waals surface area contributed by atoms with Gasteiger partial charge in [-0.05, 0) is 26.0 Å². The summed E-state index contributed by atoms with van der Waals surface area (Å²) in [5, 5.41) is 13.2. The highest BCUT2D eigenvalue weighted by molar-refractivity contribution is 5.75. The molecular formula is C15H22N2O4. The van der Waals surface area contributed by atoms with Crippen molar-refractivity contribution in [3.05, 3.63) is 23.3 Å². The standard InChI is InChI=1S/C15H22N2O4/c1-9(2)16-15(19)17-7-10-12(20-3)5-6-13(21-4)14(10)11(18)8-17/h5-6,9,11,18H,7-8H2,1-4H3,(H,16,19)/t11-/m0/s1. The van der Waals surface area contributed by atoms with E-state index in [1.165, 1.54) is 0 Å². The molecule has 2 rings (SSSR count). The van der Waals surface area contributed by atoms with Crippen LogP contribution in [0.5, 0.6) is 11.5 Å². The van der Waals surface area contributed by atoms with E-state index in [0.717, 1.165) is 5.56 Å². The van der Waals surface area contributed by atoms with E-state index in [2.05, 4.69) is 5.32 Å². The van der Waals surface area contributed by atoms with E-state index in [9.17, 15) is 9.90 Å². The second kappa shape index (κ2) is 6.22. The monoisotopic (exact) mass is 294 g/mol. The summed E-state index contributed by atoms with van der Waals surface area (Å²) < 4.78 is 10.7. The average molecular weight is 294 g/mol. The highest BCUT2D eigenvalue weighted by atomic mass is 16.5. The maximum absolute atomic E-state index is 12.1. The summed E-state index contributed by atoms with van der Waals surface area (Å²) in [5.41, 5.74) is 1.49. The number of rotatable bonds is 3. The number of carbonyl (C=O) groups excluding carboxylic acids is 1. The van der Waals surface area contributed by atoms with Crippen LogP contribution in [-0.2, 0) is 6.54 Å². The number of hydrogen-bond donors (Lipinski definition) is 2. The molecule has 2 amide bonds. The summed E-state index contributed by atoms with van der Waals surface area (Å²) in [6.45, 7) is 4.41. The van der Waals surface area contributed by atoms with Gasteiger partial charge in [0.2, 0.25) is 0 Å². The molecule has 0 spiro atoms. The Morgan fingerprint density at radius 3 is 2.52 bits per heavy atom. The molecule has 0 fully saturated rings. The topological polar surface area (TPSA) is 71.0 Å². The molecule has 1 aliphatic heterocycles. The van der Waals surface area contributed by atoms with Crippen molar-refractivity contribution in [2.24, 2.45) is 0 Å². The van der Waals surface area contributed by atoms with Gasteiger partial charge in [0.05, 0.1) is 27.3 Å². The second-order valence-electron chi connectivity index (χ2n) is 5.36. The lowest BCUT2D eigenvalue weighted by Crippen LogP contribution is -2.46. The van der Waals surface area contributed by atoms with E-state index in [1.54, 1.807) is 31.3 Å². The minimum absolute atomic E-state index is 0.0447. The molecule has 6 nitrogen and oxygen atoms in total. The summed E-state index contributed by atoms with van der Waals surface area (Å²) in [6, 6.07) is 3.40. The third-order valence-corrected chi connectivity index (χ3v) is 3.49. The molecule has 0 aliphatic carbocycles. The number of amides is 2. The number of nitrogens with one attached hydrogen (secondary N) is 1. The summed E-state index contributed by atoms with van der Waals surface area (Å²) in [6.07, 6.45) is -0.795. The smallest absolute Gasteiger partial charge is 0.318 e. The predicted octanol–water partition coefficient (Wildman–Crippen LogP) is 1.67. The van der Waals surface area contributed by atoms with Crippen LogP contribution < -0.4 is 14.8 Å². The van der Waals surface area contributed by atoms with Crippen molar-refractivity contribution in [3.63, 3.8) is 0 Å². The molecule has 1 atom stereocenters. The Kier molecular flexibility index (Phi) is 4.57. The number of urea groups is 1. The van der Waals surface area contributed by atoms with Gasteiger partial charge in [-0.3, -0.25) is 0 Å². The fourth-order valence-corrected chi connectivity index (χ4v) is 2.57. The van der Waals surface area contributed by atoms with Crippen molar-refractivity contribution >= 4 is 6.03 Å². The van der Waals surface area contributed by atoms with Gasteiger partial charge < -0.3 is 24.8 Å². The summed E-state index contributed by atoms with van der Waals surface area (Å²) in [7, 11) is 3.13. The van der Waals surface area contributed by atoms with Gasteiger partial charge in [0.1, 0.15) is 17.6 Å². The molecule has 1 aliphatic rings. The fourth-order valence-electron chi connectivity index (χ4n) is 2.57. The van der Waals surface area contributed by atoms with E-state index in [4.69, 9.17) is 9.47 Å². The van der Waals surface area contributed by atoms with Gasteiger partial charge in [-0.25, -0.2) is 4.79 Å². The minimum atomic E-state index is -0.795. The van der Waals surface area contributed by atoms with Crippen molar-refractivity contribution in [2.75, 3.05) is 20.8 Å². The molecule has 0 bridgehead atoms. The molecule has 0 saturated heterocycles. The molecule has 0 aromatic heterocycles. The van der Waals surface area contributed by atoms with Crippen molar-refractivity contribution in [2.45, 2.75) is 32.5 Å². The number of hydrogen-bond acceptors (Lipinski definition) is 4. The molecule has 0 unspecified atom stereocenters. The van der Waals surface area contributed by atoms with Crippen LogP contribution in [0.25, 0.3) is 0 Å². The third kappa shape index (κ3) is 3.05. The number of ether oxygens (including phenoxy) is 2. The Morgan fingerprint density at radius 2 is 1.95 bits per heavy atom. The van der Waals surface area contributed by atoms with Crippen LogP contribution in [-0.4, -0.2) is 42.8 Å². The lowest BCUT2D eigenvalue weighted by molar-refractivity contribution is 0.0998. The van der Waals surface area contributed by atoms with Crippen LogP contribution in [0.3, 0.4) is 0 Å². The zero-order valence-corrected chi connectivity index (χ0v) is 12.8. The van der Waals surface area contributed by atoms with Gasteiger partial charge in [-0.1, -0.05) is 0 Å². The van der Waals surface area contributed by atoms with E-state index in [1.807, 2.05) is 13.8 Å². The number of carbonyl (C=O) groups is 1. The fraction of sp³-hybridized carbons (Fsp3) is 0.533. The first kappa shape index (κ1) is 15.4. The largest absolute Gasteiger partial charge is 0.496 e. The number of β-amino-alcohol motifs (C(OH)–C–C–N with tert-alkyl or cyclic N) is 1. The van der Waals surface area contributed by atoms with Gasteiger partial charge >= 0.3 is 6.03 Å². The Morgan fingerprint density at radius 1 is 1.33 bits per heavy atom. The quantitative estimate of drug-likeness (QED) is 0.889. The molecule has 0 saturated carbocycles. The lowest BCUT2D eigenvalue weighted by atomic mass is 9.95. The minimum Gasteiger partial charge on any atom is -0.496 e.